The number of carbonyl (C=O) groups excluding carboxylic acids is 1. The molecule has 4 heteroatoms. The van der Waals surface area contributed by atoms with Gasteiger partial charge in [0.2, 0.25) is 11.8 Å². The van der Waals surface area contributed by atoms with Crippen LogP contribution in [0.4, 0.5) is 0 Å². The largest absolute Gasteiger partial charge is 0.441 e. The summed E-state index contributed by atoms with van der Waals surface area (Å²) in [6.45, 7) is 1.89. The monoisotopic (exact) mass is 350 g/mol. The molecule has 2 bridgehead atoms. The maximum atomic E-state index is 12.6. The predicted octanol–water partition coefficient (Wildman–Crippen LogP) is 4.13. The van der Waals surface area contributed by atoms with E-state index < -0.39 is 0 Å². The van der Waals surface area contributed by atoms with Crippen molar-refractivity contribution in [3.05, 3.63) is 41.8 Å². The molecule has 0 aliphatic heterocycles. The summed E-state index contributed by atoms with van der Waals surface area (Å²) in [4.78, 5) is 17.2. The van der Waals surface area contributed by atoms with Gasteiger partial charge in [-0.15, -0.1) is 0 Å². The minimum Gasteiger partial charge on any atom is -0.441 e. The van der Waals surface area contributed by atoms with Crippen LogP contribution in [-0.2, 0) is 11.2 Å². The van der Waals surface area contributed by atoms with Gasteiger partial charge in [0.25, 0.3) is 0 Å². The minimum absolute atomic E-state index is 0.0908. The number of nitrogens with zero attached hydrogens (tertiary/aromatic N) is 1. The molecule has 1 heterocycles. The van der Waals surface area contributed by atoms with Gasteiger partial charge in [0.1, 0.15) is 5.76 Å². The Kier molecular flexibility index (Phi) is 3.87. The van der Waals surface area contributed by atoms with Crippen LogP contribution in [0.5, 0.6) is 0 Å². The highest BCUT2D eigenvalue weighted by Gasteiger charge is 2.53. The summed E-state index contributed by atoms with van der Waals surface area (Å²) >= 11 is 0. The van der Waals surface area contributed by atoms with Gasteiger partial charge in [-0.2, -0.15) is 0 Å². The Hall–Kier alpha value is -2.10. The second kappa shape index (κ2) is 6.26. The van der Waals surface area contributed by atoms with E-state index >= 15 is 0 Å². The van der Waals surface area contributed by atoms with Crippen molar-refractivity contribution in [2.24, 2.45) is 23.7 Å². The highest BCUT2D eigenvalue weighted by Crippen LogP contribution is 2.58. The number of hydrogen-bond acceptors (Lipinski definition) is 3. The van der Waals surface area contributed by atoms with Gasteiger partial charge in [0.15, 0.2) is 0 Å². The normalized spacial score (nSPS) is 32.0. The van der Waals surface area contributed by atoms with Crippen molar-refractivity contribution in [2.45, 2.75) is 51.5 Å². The third kappa shape index (κ3) is 2.67. The highest BCUT2D eigenvalue weighted by molar-refractivity contribution is 5.79. The number of rotatable bonds is 4. The number of benzene rings is 1. The molecule has 1 N–H and O–H groups in total. The average Bonchev–Trinajstić information content (AvgIpc) is 3.38. The Balaban J connectivity index is 1.25. The molecule has 5 atom stereocenters. The first kappa shape index (κ1) is 16.1. The van der Waals surface area contributed by atoms with E-state index in [4.69, 9.17) is 4.42 Å². The van der Waals surface area contributed by atoms with Gasteiger partial charge in [0, 0.05) is 11.6 Å². The van der Waals surface area contributed by atoms with Gasteiger partial charge >= 0.3 is 0 Å². The van der Waals surface area contributed by atoms with Crippen LogP contribution in [0, 0.1) is 30.6 Å². The zero-order valence-corrected chi connectivity index (χ0v) is 15.3. The second-order valence-electron chi connectivity index (χ2n) is 8.39. The number of hydrogen-bond donors (Lipinski definition) is 1. The van der Waals surface area contributed by atoms with Crippen LogP contribution in [0.3, 0.4) is 0 Å². The Labute approximate surface area is 154 Å². The van der Waals surface area contributed by atoms with Crippen molar-refractivity contribution >= 4 is 5.91 Å². The lowest BCUT2D eigenvalue weighted by Gasteiger charge is -2.32. The lowest BCUT2D eigenvalue weighted by molar-refractivity contribution is -0.121. The summed E-state index contributed by atoms with van der Waals surface area (Å²) in [5, 5.41) is 3.33. The quantitative estimate of drug-likeness (QED) is 0.902. The van der Waals surface area contributed by atoms with Gasteiger partial charge in [-0.3, -0.25) is 4.79 Å². The standard InChI is InChI=1S/C22H26N2O2/c1-13-19(24-22(26-13)14-6-3-2-4-7-14)12-21(25)23-20-11-15-10-18(20)17-9-5-8-16(15)17/h2-4,6-7,15-18,20H,5,8-12H2,1H3,(H,23,25). The summed E-state index contributed by atoms with van der Waals surface area (Å²) in [6, 6.07) is 10.2. The van der Waals surface area contributed by atoms with Gasteiger partial charge in [0.05, 0.1) is 12.1 Å². The number of aromatic nitrogens is 1. The summed E-state index contributed by atoms with van der Waals surface area (Å²) < 4.78 is 5.79. The Morgan fingerprint density at radius 3 is 2.81 bits per heavy atom. The van der Waals surface area contributed by atoms with E-state index in [0.717, 1.165) is 40.7 Å². The average molecular weight is 350 g/mol. The molecule has 3 fully saturated rings. The number of oxazole rings is 1. The Bertz CT molecular complexity index is 813. The molecule has 0 radical (unpaired) electrons. The first-order chi connectivity index (χ1) is 12.7. The molecule has 26 heavy (non-hydrogen) atoms. The van der Waals surface area contributed by atoms with Crippen molar-refractivity contribution < 1.29 is 9.21 Å². The molecule has 0 saturated heterocycles. The molecule has 1 amide bonds. The summed E-state index contributed by atoms with van der Waals surface area (Å²) in [5.41, 5.74) is 1.70. The third-order valence-corrected chi connectivity index (χ3v) is 7.02. The van der Waals surface area contributed by atoms with Crippen LogP contribution in [0.2, 0.25) is 0 Å². The van der Waals surface area contributed by atoms with E-state index in [1.54, 1.807) is 0 Å². The highest BCUT2D eigenvalue weighted by atomic mass is 16.4. The maximum Gasteiger partial charge on any atom is 0.226 e. The minimum atomic E-state index is 0.0908. The number of carbonyl (C=O) groups is 1. The molecule has 1 aromatic heterocycles. The molecule has 2 aromatic rings. The lowest BCUT2D eigenvalue weighted by Crippen LogP contribution is -2.43. The zero-order valence-electron chi connectivity index (χ0n) is 15.3. The molecule has 3 aliphatic rings. The van der Waals surface area contributed by atoms with E-state index in [-0.39, 0.29) is 5.91 Å². The van der Waals surface area contributed by atoms with Crippen molar-refractivity contribution in [3.63, 3.8) is 0 Å². The molecule has 1 aromatic carbocycles. The van der Waals surface area contributed by atoms with E-state index in [0.29, 0.717) is 18.4 Å². The van der Waals surface area contributed by atoms with Crippen LogP contribution < -0.4 is 5.32 Å². The van der Waals surface area contributed by atoms with E-state index in [9.17, 15) is 4.79 Å². The Morgan fingerprint density at radius 1 is 1.15 bits per heavy atom. The molecule has 5 rings (SSSR count). The van der Waals surface area contributed by atoms with Crippen LogP contribution in [-0.4, -0.2) is 16.9 Å². The zero-order chi connectivity index (χ0) is 17.7. The van der Waals surface area contributed by atoms with Crippen molar-refractivity contribution in [2.75, 3.05) is 0 Å². The third-order valence-electron chi connectivity index (χ3n) is 7.02. The topological polar surface area (TPSA) is 55.1 Å². The fourth-order valence-corrected chi connectivity index (χ4v) is 5.94. The van der Waals surface area contributed by atoms with Crippen LogP contribution in [0.25, 0.3) is 11.5 Å². The van der Waals surface area contributed by atoms with E-state index in [1.807, 2.05) is 37.3 Å². The van der Waals surface area contributed by atoms with Gasteiger partial charge < -0.3 is 9.73 Å². The molecule has 5 unspecified atom stereocenters. The summed E-state index contributed by atoms with van der Waals surface area (Å²) in [6.07, 6.45) is 7.02. The molecular formula is C22H26N2O2. The first-order valence-corrected chi connectivity index (χ1v) is 10.00. The van der Waals surface area contributed by atoms with Crippen LogP contribution in [0.15, 0.2) is 34.7 Å². The molecule has 4 nitrogen and oxygen atoms in total. The molecule has 3 aliphatic carbocycles. The number of aryl methyl sites for hydroxylation is 1. The van der Waals surface area contributed by atoms with Crippen molar-refractivity contribution in [3.8, 4) is 11.5 Å². The number of amides is 1. The fraction of sp³-hybridized carbons (Fsp3) is 0.545. The van der Waals surface area contributed by atoms with Gasteiger partial charge in [-0.25, -0.2) is 4.98 Å². The number of fused-ring (bicyclic) bond motifs is 5. The van der Waals surface area contributed by atoms with Crippen molar-refractivity contribution in [1.82, 2.24) is 10.3 Å². The van der Waals surface area contributed by atoms with E-state index in [1.165, 1.54) is 32.1 Å². The Morgan fingerprint density at radius 2 is 1.96 bits per heavy atom. The molecule has 3 saturated carbocycles. The first-order valence-electron chi connectivity index (χ1n) is 10.00. The lowest BCUT2D eigenvalue weighted by atomic mass is 9.79. The van der Waals surface area contributed by atoms with Crippen LogP contribution in [0.1, 0.15) is 43.6 Å². The fourth-order valence-electron chi connectivity index (χ4n) is 5.94. The van der Waals surface area contributed by atoms with Crippen molar-refractivity contribution in [1.29, 1.82) is 0 Å². The van der Waals surface area contributed by atoms with E-state index in [2.05, 4.69) is 10.3 Å². The molecule has 0 spiro atoms. The summed E-state index contributed by atoms with van der Waals surface area (Å²) in [7, 11) is 0. The molecule has 136 valence electrons. The smallest absolute Gasteiger partial charge is 0.226 e. The number of nitrogens with one attached hydrogen (secondary N) is 1. The predicted molar refractivity (Wildman–Crippen MR) is 99.4 cm³/mol. The molecular weight excluding hydrogens is 324 g/mol. The summed E-state index contributed by atoms with van der Waals surface area (Å²) in [5.74, 6) is 4.83. The maximum absolute atomic E-state index is 12.6. The van der Waals surface area contributed by atoms with Crippen LogP contribution >= 0.6 is 0 Å². The second-order valence-corrected chi connectivity index (χ2v) is 8.39. The SMILES string of the molecule is Cc1oc(-c2ccccc2)nc1CC(=O)NC1CC2CC1C1CCCC21. The van der Waals surface area contributed by atoms with Gasteiger partial charge in [-0.1, -0.05) is 24.6 Å². The van der Waals surface area contributed by atoms with Gasteiger partial charge in [-0.05, 0) is 68.4 Å².